The van der Waals surface area contributed by atoms with E-state index < -0.39 is 0 Å². The molecule has 1 N–H and O–H groups in total. The van der Waals surface area contributed by atoms with Gasteiger partial charge in [-0.2, -0.15) is 5.10 Å². The van der Waals surface area contributed by atoms with Gasteiger partial charge in [-0.25, -0.2) is 5.43 Å². The molecule has 0 atom stereocenters. The first-order valence-corrected chi connectivity index (χ1v) is 8.34. The van der Waals surface area contributed by atoms with E-state index in [1.165, 1.54) is 5.56 Å². The molecule has 0 spiro atoms. The molecule has 0 radical (unpaired) electrons. The summed E-state index contributed by atoms with van der Waals surface area (Å²) < 4.78 is 0. The van der Waals surface area contributed by atoms with E-state index in [2.05, 4.69) is 31.3 Å². The van der Waals surface area contributed by atoms with Crippen LogP contribution >= 0.6 is 23.2 Å². The van der Waals surface area contributed by atoms with Crippen LogP contribution < -0.4 is 5.43 Å². The van der Waals surface area contributed by atoms with Crippen LogP contribution in [0.2, 0.25) is 10.0 Å². The van der Waals surface area contributed by atoms with Gasteiger partial charge >= 0.3 is 0 Å². The number of amides is 1. The Morgan fingerprint density at radius 1 is 0.958 bits per heavy atom. The van der Waals surface area contributed by atoms with Crippen molar-refractivity contribution >= 4 is 34.8 Å². The minimum atomic E-state index is -0.255. The Labute approximate surface area is 152 Å². The zero-order valence-corrected chi connectivity index (χ0v) is 15.7. The molecule has 0 heterocycles. The molecule has 0 bridgehead atoms. The lowest BCUT2D eigenvalue weighted by molar-refractivity contribution is 0.0955. The van der Waals surface area contributed by atoms with E-state index in [1.807, 2.05) is 12.1 Å². The first-order chi connectivity index (χ1) is 11.2. The molecule has 0 saturated carbocycles. The maximum Gasteiger partial charge on any atom is 0.271 e. The van der Waals surface area contributed by atoms with Crippen molar-refractivity contribution in [3.63, 3.8) is 0 Å². The quantitative estimate of drug-likeness (QED) is 0.572. The third-order valence-electron chi connectivity index (χ3n) is 3.68. The second-order valence-corrected chi connectivity index (χ2v) is 7.41. The molecule has 0 fully saturated rings. The highest BCUT2D eigenvalue weighted by atomic mass is 35.5. The predicted molar refractivity (Wildman–Crippen MR) is 101 cm³/mol. The van der Waals surface area contributed by atoms with Crippen molar-refractivity contribution in [2.24, 2.45) is 5.10 Å². The van der Waals surface area contributed by atoms with E-state index in [4.69, 9.17) is 23.2 Å². The molecule has 0 aromatic heterocycles. The molecule has 2 aromatic carbocycles. The Balaban J connectivity index is 2.10. The summed E-state index contributed by atoms with van der Waals surface area (Å²) in [6.07, 6.45) is 0. The summed E-state index contributed by atoms with van der Waals surface area (Å²) in [4.78, 5) is 12.2. The number of hydrogen-bond donors (Lipinski definition) is 1. The number of hydrogen-bond acceptors (Lipinski definition) is 2. The standard InChI is InChI=1S/C19H20Cl2N2O/c1-12(14-7-10-16(20)17(21)11-14)22-23-18(24)13-5-8-15(9-6-13)19(2,3)4/h5-11H,1-4H3,(H,23,24). The average Bonchev–Trinajstić information content (AvgIpc) is 2.54. The maximum absolute atomic E-state index is 12.2. The Hall–Kier alpha value is -1.84. The molecule has 0 saturated heterocycles. The number of nitrogens with zero attached hydrogens (tertiary/aromatic N) is 1. The van der Waals surface area contributed by atoms with Crippen LogP contribution in [-0.4, -0.2) is 11.6 Å². The minimum absolute atomic E-state index is 0.0532. The fraction of sp³-hybridized carbons (Fsp3) is 0.263. The number of benzene rings is 2. The Bertz CT molecular complexity index is 775. The summed E-state index contributed by atoms with van der Waals surface area (Å²) >= 11 is 11.9. The van der Waals surface area contributed by atoms with Crippen LogP contribution in [0.15, 0.2) is 47.6 Å². The van der Waals surface area contributed by atoms with Gasteiger partial charge in [0.05, 0.1) is 15.8 Å². The van der Waals surface area contributed by atoms with Crippen LogP contribution in [0, 0.1) is 0 Å². The van der Waals surface area contributed by atoms with Crippen LogP contribution in [-0.2, 0) is 5.41 Å². The molecule has 24 heavy (non-hydrogen) atoms. The molecule has 126 valence electrons. The number of carbonyl (C=O) groups is 1. The number of halogens is 2. The number of hydrazone groups is 1. The molecule has 0 aliphatic heterocycles. The zero-order chi connectivity index (χ0) is 17.9. The van der Waals surface area contributed by atoms with Gasteiger partial charge in [-0.1, -0.05) is 62.2 Å². The van der Waals surface area contributed by atoms with Gasteiger partial charge in [-0.15, -0.1) is 0 Å². The number of rotatable bonds is 3. The van der Waals surface area contributed by atoms with Crippen molar-refractivity contribution < 1.29 is 4.79 Å². The van der Waals surface area contributed by atoms with E-state index in [0.29, 0.717) is 21.3 Å². The van der Waals surface area contributed by atoms with E-state index >= 15 is 0 Å². The largest absolute Gasteiger partial charge is 0.271 e. The first kappa shape index (κ1) is 18.5. The second kappa shape index (κ2) is 7.37. The van der Waals surface area contributed by atoms with Gasteiger partial charge < -0.3 is 0 Å². The van der Waals surface area contributed by atoms with Gasteiger partial charge in [0.1, 0.15) is 0 Å². The van der Waals surface area contributed by atoms with Crippen LogP contribution in [0.25, 0.3) is 0 Å². The van der Waals surface area contributed by atoms with Crippen molar-refractivity contribution in [1.29, 1.82) is 0 Å². The summed E-state index contributed by atoms with van der Waals surface area (Å²) in [6.45, 7) is 8.19. The van der Waals surface area contributed by atoms with Crippen molar-refractivity contribution in [2.75, 3.05) is 0 Å². The van der Waals surface area contributed by atoms with Crippen molar-refractivity contribution in [2.45, 2.75) is 33.1 Å². The summed E-state index contributed by atoms with van der Waals surface area (Å²) in [5.74, 6) is -0.255. The lowest BCUT2D eigenvalue weighted by Crippen LogP contribution is -2.20. The number of carbonyl (C=O) groups excluding carboxylic acids is 1. The van der Waals surface area contributed by atoms with E-state index in [9.17, 15) is 4.79 Å². The number of nitrogens with one attached hydrogen (secondary N) is 1. The van der Waals surface area contributed by atoms with E-state index in [-0.39, 0.29) is 11.3 Å². The normalized spacial score (nSPS) is 12.2. The maximum atomic E-state index is 12.2. The van der Waals surface area contributed by atoms with Gasteiger partial charge in [0.25, 0.3) is 5.91 Å². The Morgan fingerprint density at radius 3 is 2.08 bits per heavy atom. The van der Waals surface area contributed by atoms with Crippen LogP contribution in [0.3, 0.4) is 0 Å². The molecule has 1 amide bonds. The van der Waals surface area contributed by atoms with E-state index in [0.717, 1.165) is 5.56 Å². The van der Waals surface area contributed by atoms with Crippen LogP contribution in [0.1, 0.15) is 49.2 Å². The highest BCUT2D eigenvalue weighted by Gasteiger charge is 2.14. The van der Waals surface area contributed by atoms with Crippen molar-refractivity contribution in [3.8, 4) is 0 Å². The highest BCUT2D eigenvalue weighted by Crippen LogP contribution is 2.23. The van der Waals surface area contributed by atoms with Gasteiger partial charge in [0, 0.05) is 5.56 Å². The molecule has 2 aromatic rings. The van der Waals surface area contributed by atoms with Crippen molar-refractivity contribution in [3.05, 3.63) is 69.2 Å². The summed E-state index contributed by atoms with van der Waals surface area (Å²) in [5.41, 5.74) is 5.80. The SMILES string of the molecule is CC(=NNC(=O)c1ccc(C(C)(C)C)cc1)c1ccc(Cl)c(Cl)c1. The second-order valence-electron chi connectivity index (χ2n) is 6.59. The Kier molecular flexibility index (Phi) is 5.68. The smallest absolute Gasteiger partial charge is 0.267 e. The van der Waals surface area contributed by atoms with E-state index in [1.54, 1.807) is 37.3 Å². The van der Waals surface area contributed by atoms with Gasteiger partial charge in [0.15, 0.2) is 0 Å². The lowest BCUT2D eigenvalue weighted by Gasteiger charge is -2.18. The molecular weight excluding hydrogens is 343 g/mol. The Morgan fingerprint density at radius 2 is 1.54 bits per heavy atom. The molecule has 2 rings (SSSR count). The molecule has 0 unspecified atom stereocenters. The zero-order valence-electron chi connectivity index (χ0n) is 14.2. The monoisotopic (exact) mass is 362 g/mol. The summed E-state index contributed by atoms with van der Waals surface area (Å²) in [7, 11) is 0. The van der Waals surface area contributed by atoms with Gasteiger partial charge in [-0.3, -0.25) is 4.79 Å². The van der Waals surface area contributed by atoms with Crippen LogP contribution in [0.4, 0.5) is 0 Å². The molecular formula is C19H20Cl2N2O. The third kappa shape index (κ3) is 4.59. The fourth-order valence-electron chi connectivity index (χ4n) is 2.11. The van der Waals surface area contributed by atoms with Crippen LogP contribution in [0.5, 0.6) is 0 Å². The van der Waals surface area contributed by atoms with Gasteiger partial charge in [0.2, 0.25) is 0 Å². The van der Waals surface area contributed by atoms with Gasteiger partial charge in [-0.05, 0) is 47.7 Å². The fourth-order valence-corrected chi connectivity index (χ4v) is 2.40. The van der Waals surface area contributed by atoms with Crippen molar-refractivity contribution in [1.82, 2.24) is 5.43 Å². The highest BCUT2D eigenvalue weighted by molar-refractivity contribution is 6.42. The summed E-state index contributed by atoms with van der Waals surface area (Å²) in [6, 6.07) is 12.8. The molecule has 5 heteroatoms. The first-order valence-electron chi connectivity index (χ1n) is 7.59. The predicted octanol–water partition coefficient (Wildman–Crippen LogP) is 5.44. The summed E-state index contributed by atoms with van der Waals surface area (Å²) in [5, 5.41) is 5.06. The molecule has 0 aliphatic rings. The molecule has 3 nitrogen and oxygen atoms in total. The lowest BCUT2D eigenvalue weighted by atomic mass is 9.87. The molecule has 0 aliphatic carbocycles. The average molecular weight is 363 g/mol. The topological polar surface area (TPSA) is 41.5 Å². The minimum Gasteiger partial charge on any atom is -0.267 e. The third-order valence-corrected chi connectivity index (χ3v) is 4.41.